The number of rotatable bonds is 3. The molecule has 13 heavy (non-hydrogen) atoms. The number of alkyl halides is 1. The van der Waals surface area contributed by atoms with Gasteiger partial charge in [-0.25, -0.2) is 0 Å². The van der Waals surface area contributed by atoms with Crippen LogP contribution in [0.2, 0.25) is 0 Å². The van der Waals surface area contributed by atoms with Crippen LogP contribution in [-0.4, -0.2) is 17.1 Å². The number of ether oxygens (including phenoxy) is 1. The molecule has 0 aromatic heterocycles. The normalized spacial score (nSPS) is 9.62. The molecule has 0 radical (unpaired) electrons. The highest BCUT2D eigenvalue weighted by atomic mass is 35.5. The van der Waals surface area contributed by atoms with Crippen LogP contribution in [0, 0.1) is 0 Å². The molecule has 1 aromatic carbocycles. The number of phenolic OH excluding ortho intramolecular Hbond substituents is 1. The van der Waals surface area contributed by atoms with Crippen molar-refractivity contribution in [1.29, 1.82) is 0 Å². The van der Waals surface area contributed by atoms with E-state index in [4.69, 9.17) is 16.7 Å². The molecule has 4 heteroatoms. The summed E-state index contributed by atoms with van der Waals surface area (Å²) in [4.78, 5) is 10.9. The maximum absolute atomic E-state index is 10.9. The molecular formula is C9H9ClO3. The number of halogens is 1. The smallest absolute Gasteiger partial charge is 0.311 e. The van der Waals surface area contributed by atoms with E-state index in [1.165, 1.54) is 12.1 Å². The van der Waals surface area contributed by atoms with Crippen LogP contribution in [0.1, 0.15) is 5.56 Å². The predicted molar refractivity (Wildman–Crippen MR) is 48.6 cm³/mol. The maximum atomic E-state index is 10.9. The van der Waals surface area contributed by atoms with Gasteiger partial charge in [-0.05, 0) is 17.7 Å². The molecule has 0 unspecified atom stereocenters. The van der Waals surface area contributed by atoms with Crippen molar-refractivity contribution in [1.82, 2.24) is 0 Å². The topological polar surface area (TPSA) is 46.5 Å². The molecule has 1 N–H and O–H groups in total. The fraction of sp³-hybridized carbons (Fsp3) is 0.222. The number of carbonyl (C=O) groups excluding carboxylic acids is 1. The van der Waals surface area contributed by atoms with E-state index in [1.54, 1.807) is 12.1 Å². The number of hydrogen-bond donors (Lipinski definition) is 1. The summed E-state index contributed by atoms with van der Waals surface area (Å²) in [5.41, 5.74) is 0.785. The molecule has 1 aromatic rings. The largest absolute Gasteiger partial charge is 0.508 e. The van der Waals surface area contributed by atoms with E-state index in [0.29, 0.717) is 0 Å². The van der Waals surface area contributed by atoms with E-state index in [2.05, 4.69) is 4.74 Å². The fourth-order valence-electron chi connectivity index (χ4n) is 0.892. The summed E-state index contributed by atoms with van der Waals surface area (Å²) in [6, 6.07) is 6.22. The maximum Gasteiger partial charge on any atom is 0.311 e. The van der Waals surface area contributed by atoms with Crippen molar-refractivity contribution in [3.63, 3.8) is 0 Å². The van der Waals surface area contributed by atoms with E-state index in [1.807, 2.05) is 0 Å². The number of benzene rings is 1. The van der Waals surface area contributed by atoms with Crippen molar-refractivity contribution in [2.45, 2.75) is 6.42 Å². The third-order valence-electron chi connectivity index (χ3n) is 1.50. The lowest BCUT2D eigenvalue weighted by Gasteiger charge is -2.00. The fourth-order valence-corrected chi connectivity index (χ4v) is 1.01. The minimum atomic E-state index is -0.374. The summed E-state index contributed by atoms with van der Waals surface area (Å²) in [6.07, 6.45) is 0.174. The quantitative estimate of drug-likeness (QED) is 0.597. The second-order valence-electron chi connectivity index (χ2n) is 2.47. The van der Waals surface area contributed by atoms with Gasteiger partial charge in [-0.3, -0.25) is 4.79 Å². The van der Waals surface area contributed by atoms with Crippen LogP contribution in [0.5, 0.6) is 5.75 Å². The number of carbonyl (C=O) groups is 1. The van der Waals surface area contributed by atoms with Gasteiger partial charge >= 0.3 is 5.97 Å². The number of esters is 1. The van der Waals surface area contributed by atoms with Gasteiger partial charge < -0.3 is 9.84 Å². The standard InChI is InChI=1S/C9H9ClO3/c10-6-13-9(12)5-7-1-3-8(11)4-2-7/h1-4,11H,5-6H2. The van der Waals surface area contributed by atoms with Gasteiger partial charge in [0.15, 0.2) is 6.07 Å². The van der Waals surface area contributed by atoms with Crippen LogP contribution in [0.4, 0.5) is 0 Å². The molecule has 0 aliphatic heterocycles. The van der Waals surface area contributed by atoms with Crippen molar-refractivity contribution in [3.8, 4) is 5.75 Å². The Morgan fingerprint density at radius 3 is 2.54 bits per heavy atom. The molecule has 70 valence electrons. The molecule has 1 rings (SSSR count). The molecule has 0 spiro atoms. The molecule has 3 nitrogen and oxygen atoms in total. The Kier molecular flexibility index (Phi) is 3.58. The summed E-state index contributed by atoms with van der Waals surface area (Å²) in [5, 5.41) is 8.96. The number of hydrogen-bond acceptors (Lipinski definition) is 3. The highest BCUT2D eigenvalue weighted by Crippen LogP contribution is 2.10. The summed E-state index contributed by atoms with van der Waals surface area (Å²) in [7, 11) is 0. The molecule has 0 atom stereocenters. The third kappa shape index (κ3) is 3.34. The highest BCUT2D eigenvalue weighted by molar-refractivity contribution is 6.17. The molecule has 0 saturated heterocycles. The lowest BCUT2D eigenvalue weighted by Crippen LogP contribution is -2.06. The van der Waals surface area contributed by atoms with Gasteiger partial charge in [-0.15, -0.1) is 0 Å². The molecule has 0 saturated carbocycles. The van der Waals surface area contributed by atoms with Gasteiger partial charge in [0.25, 0.3) is 0 Å². The summed E-state index contributed by atoms with van der Waals surface area (Å²) >= 11 is 5.20. The van der Waals surface area contributed by atoms with Crippen LogP contribution in [0.25, 0.3) is 0 Å². The average Bonchev–Trinajstić information content (AvgIpc) is 2.09. The Labute approximate surface area is 80.9 Å². The van der Waals surface area contributed by atoms with Crippen LogP contribution in [-0.2, 0) is 16.0 Å². The van der Waals surface area contributed by atoms with Crippen molar-refractivity contribution < 1.29 is 14.6 Å². The minimum Gasteiger partial charge on any atom is -0.508 e. The second kappa shape index (κ2) is 4.72. The Morgan fingerprint density at radius 2 is 2.00 bits per heavy atom. The summed E-state index contributed by atoms with van der Waals surface area (Å²) < 4.78 is 4.54. The molecule has 0 bridgehead atoms. The van der Waals surface area contributed by atoms with Crippen LogP contribution in [0.15, 0.2) is 24.3 Å². The first-order valence-electron chi connectivity index (χ1n) is 3.72. The second-order valence-corrected chi connectivity index (χ2v) is 2.69. The Bertz CT molecular complexity index is 281. The minimum absolute atomic E-state index is 0.128. The first-order valence-corrected chi connectivity index (χ1v) is 4.25. The Balaban J connectivity index is 2.54. The predicted octanol–water partition coefficient (Wildman–Crippen LogP) is 1.67. The van der Waals surface area contributed by atoms with Gasteiger partial charge in [0, 0.05) is 0 Å². The zero-order valence-electron chi connectivity index (χ0n) is 6.87. The SMILES string of the molecule is O=C(Cc1ccc(O)cc1)OCCl. The molecule has 0 aliphatic carbocycles. The van der Waals surface area contributed by atoms with E-state index in [9.17, 15) is 4.79 Å². The van der Waals surface area contributed by atoms with Crippen molar-refractivity contribution >= 4 is 17.6 Å². The average molecular weight is 201 g/mol. The first-order chi connectivity index (χ1) is 6.22. The Hall–Kier alpha value is -1.22. The molecule has 0 amide bonds. The highest BCUT2D eigenvalue weighted by Gasteiger charge is 2.03. The van der Waals surface area contributed by atoms with E-state index in [0.717, 1.165) is 5.56 Å². The van der Waals surface area contributed by atoms with E-state index >= 15 is 0 Å². The first kappa shape index (κ1) is 9.86. The zero-order chi connectivity index (χ0) is 9.68. The van der Waals surface area contributed by atoms with Crippen molar-refractivity contribution in [2.75, 3.05) is 6.07 Å². The number of aromatic hydroxyl groups is 1. The molecule has 0 aliphatic rings. The third-order valence-corrected chi connectivity index (χ3v) is 1.61. The Morgan fingerprint density at radius 1 is 1.38 bits per heavy atom. The van der Waals surface area contributed by atoms with Gasteiger partial charge in [0.05, 0.1) is 6.42 Å². The molecule has 0 fully saturated rings. The van der Waals surface area contributed by atoms with E-state index in [-0.39, 0.29) is 24.2 Å². The number of phenols is 1. The van der Waals surface area contributed by atoms with Gasteiger partial charge in [-0.2, -0.15) is 0 Å². The summed E-state index contributed by atoms with van der Waals surface area (Å²) in [6.45, 7) is 0. The summed E-state index contributed by atoms with van der Waals surface area (Å²) in [5.74, 6) is -0.199. The van der Waals surface area contributed by atoms with Gasteiger partial charge in [-0.1, -0.05) is 23.7 Å². The van der Waals surface area contributed by atoms with Crippen LogP contribution < -0.4 is 0 Å². The molecular weight excluding hydrogens is 192 g/mol. The lowest BCUT2D eigenvalue weighted by molar-refractivity contribution is -0.140. The lowest BCUT2D eigenvalue weighted by atomic mass is 10.1. The monoisotopic (exact) mass is 200 g/mol. The van der Waals surface area contributed by atoms with Crippen molar-refractivity contribution in [2.24, 2.45) is 0 Å². The van der Waals surface area contributed by atoms with Crippen LogP contribution >= 0.6 is 11.6 Å². The molecule has 0 heterocycles. The van der Waals surface area contributed by atoms with Gasteiger partial charge in [0.2, 0.25) is 0 Å². The zero-order valence-corrected chi connectivity index (χ0v) is 7.62. The van der Waals surface area contributed by atoms with Crippen molar-refractivity contribution in [3.05, 3.63) is 29.8 Å². The van der Waals surface area contributed by atoms with E-state index < -0.39 is 0 Å². The van der Waals surface area contributed by atoms with Crippen LogP contribution in [0.3, 0.4) is 0 Å². The van der Waals surface area contributed by atoms with Gasteiger partial charge in [0.1, 0.15) is 5.75 Å².